The van der Waals surface area contributed by atoms with Crippen LogP contribution in [0, 0.1) is 6.92 Å². The molecule has 3 heterocycles. The van der Waals surface area contributed by atoms with Crippen LogP contribution in [0.2, 0.25) is 0 Å². The van der Waals surface area contributed by atoms with E-state index in [2.05, 4.69) is 47.5 Å². The first-order valence-electron chi connectivity index (χ1n) is 13.5. The highest BCUT2D eigenvalue weighted by Crippen LogP contribution is 2.38. The fourth-order valence-electron chi connectivity index (χ4n) is 5.93. The molecule has 1 atom stereocenters. The molecule has 2 aliphatic heterocycles. The van der Waals surface area contributed by atoms with Crippen molar-refractivity contribution in [2.24, 2.45) is 0 Å². The number of hydrogen-bond acceptors (Lipinski definition) is 5. The molecule has 0 aliphatic carbocycles. The highest BCUT2D eigenvalue weighted by molar-refractivity contribution is 7.89. The number of aryl methyl sites for hydroxylation is 1. The summed E-state index contributed by atoms with van der Waals surface area (Å²) in [5.74, 6) is 0.0669. The minimum absolute atomic E-state index is 0.0573. The standard InChI is InChI=1S/C31H33N3O3S2/c1-23-7-2-5-10-27(23)31-28-14-20-38-29(28)13-17-33(31)22-30(35)32-15-6-16-34(19-18-32)39(36,37)26-12-11-24-8-3-4-9-25(24)21-26/h2-5,7-12,14,20-21,31H,6,13,15-19,22H2,1H3/t31-/m0/s1. The van der Waals surface area contributed by atoms with Gasteiger partial charge in [-0.2, -0.15) is 4.31 Å². The van der Waals surface area contributed by atoms with Gasteiger partial charge in [0.25, 0.3) is 0 Å². The monoisotopic (exact) mass is 559 g/mol. The van der Waals surface area contributed by atoms with Crippen molar-refractivity contribution in [1.82, 2.24) is 14.1 Å². The van der Waals surface area contributed by atoms with Crippen molar-refractivity contribution < 1.29 is 13.2 Å². The lowest BCUT2D eigenvalue weighted by Crippen LogP contribution is -2.45. The number of carbonyl (C=O) groups is 1. The number of hydrogen-bond donors (Lipinski definition) is 0. The molecule has 1 amide bonds. The van der Waals surface area contributed by atoms with E-state index in [1.807, 2.05) is 35.2 Å². The van der Waals surface area contributed by atoms with E-state index in [9.17, 15) is 13.2 Å². The molecule has 2 aliphatic rings. The third kappa shape index (κ3) is 5.14. The fourth-order valence-corrected chi connectivity index (χ4v) is 8.34. The van der Waals surface area contributed by atoms with Gasteiger partial charge in [0.1, 0.15) is 0 Å². The van der Waals surface area contributed by atoms with E-state index in [0.717, 1.165) is 23.7 Å². The zero-order chi connectivity index (χ0) is 27.0. The van der Waals surface area contributed by atoms with E-state index >= 15 is 0 Å². The van der Waals surface area contributed by atoms with Gasteiger partial charge in [0.05, 0.1) is 17.5 Å². The van der Waals surface area contributed by atoms with Crippen molar-refractivity contribution >= 4 is 38.0 Å². The molecule has 4 aromatic rings. The average Bonchev–Trinajstić information content (AvgIpc) is 3.28. The molecule has 1 aromatic heterocycles. The Labute approximate surface area is 234 Å². The van der Waals surface area contributed by atoms with Gasteiger partial charge in [0.15, 0.2) is 0 Å². The van der Waals surface area contributed by atoms with Crippen LogP contribution in [0.5, 0.6) is 0 Å². The van der Waals surface area contributed by atoms with Crippen LogP contribution in [0.1, 0.15) is 34.0 Å². The number of benzene rings is 3. The number of thiophene rings is 1. The number of amides is 1. The topological polar surface area (TPSA) is 60.9 Å². The van der Waals surface area contributed by atoms with E-state index in [-0.39, 0.29) is 11.9 Å². The zero-order valence-electron chi connectivity index (χ0n) is 22.1. The summed E-state index contributed by atoms with van der Waals surface area (Å²) < 4.78 is 28.6. The van der Waals surface area contributed by atoms with Crippen molar-refractivity contribution in [2.45, 2.75) is 30.7 Å². The SMILES string of the molecule is Cc1ccccc1[C@H]1c2ccsc2CCN1CC(=O)N1CCCN(S(=O)(=O)c2ccc3ccccc3c2)CC1. The van der Waals surface area contributed by atoms with Crippen molar-refractivity contribution in [2.75, 3.05) is 39.3 Å². The van der Waals surface area contributed by atoms with Crippen LogP contribution >= 0.6 is 11.3 Å². The molecule has 0 radical (unpaired) electrons. The van der Waals surface area contributed by atoms with Gasteiger partial charge < -0.3 is 4.90 Å². The number of sulfonamides is 1. The predicted molar refractivity (Wildman–Crippen MR) is 157 cm³/mol. The quantitative estimate of drug-likeness (QED) is 0.342. The smallest absolute Gasteiger partial charge is 0.243 e. The lowest BCUT2D eigenvalue weighted by Gasteiger charge is -2.37. The maximum atomic E-state index is 13.6. The van der Waals surface area contributed by atoms with Crippen molar-refractivity contribution in [3.8, 4) is 0 Å². The van der Waals surface area contributed by atoms with Crippen LogP contribution in [-0.2, 0) is 21.2 Å². The molecule has 0 saturated carbocycles. The Kier molecular flexibility index (Phi) is 7.29. The zero-order valence-corrected chi connectivity index (χ0v) is 23.8. The first-order chi connectivity index (χ1) is 18.9. The van der Waals surface area contributed by atoms with Crippen LogP contribution in [0.25, 0.3) is 10.8 Å². The molecule has 0 bridgehead atoms. The van der Waals surface area contributed by atoms with E-state index in [0.29, 0.717) is 44.0 Å². The van der Waals surface area contributed by atoms with Gasteiger partial charge in [0.2, 0.25) is 15.9 Å². The van der Waals surface area contributed by atoms with Gasteiger partial charge in [0, 0.05) is 37.6 Å². The van der Waals surface area contributed by atoms with Crippen molar-refractivity contribution in [1.29, 1.82) is 0 Å². The molecule has 0 N–H and O–H groups in total. The molecule has 3 aromatic carbocycles. The molecule has 0 unspecified atom stereocenters. The lowest BCUT2D eigenvalue weighted by atomic mass is 9.90. The first-order valence-corrected chi connectivity index (χ1v) is 15.9. The maximum Gasteiger partial charge on any atom is 0.243 e. The normalized spacial score (nSPS) is 19.1. The highest BCUT2D eigenvalue weighted by Gasteiger charge is 2.34. The molecule has 39 heavy (non-hydrogen) atoms. The third-order valence-electron chi connectivity index (χ3n) is 8.05. The average molecular weight is 560 g/mol. The Morgan fingerprint density at radius 3 is 2.51 bits per heavy atom. The molecule has 0 spiro atoms. The van der Waals surface area contributed by atoms with Gasteiger partial charge >= 0.3 is 0 Å². The summed E-state index contributed by atoms with van der Waals surface area (Å²) in [7, 11) is -3.64. The van der Waals surface area contributed by atoms with Gasteiger partial charge in [-0.25, -0.2) is 8.42 Å². The predicted octanol–water partition coefficient (Wildman–Crippen LogP) is 5.08. The Morgan fingerprint density at radius 1 is 0.872 bits per heavy atom. The molecule has 1 saturated heterocycles. The number of carbonyl (C=O) groups excluding carboxylic acids is 1. The van der Waals surface area contributed by atoms with Crippen LogP contribution in [0.3, 0.4) is 0 Å². The highest BCUT2D eigenvalue weighted by atomic mass is 32.2. The summed E-state index contributed by atoms with van der Waals surface area (Å²) in [6.45, 7) is 4.96. The molecule has 1 fully saturated rings. The second kappa shape index (κ2) is 10.8. The van der Waals surface area contributed by atoms with Crippen molar-refractivity contribution in [3.63, 3.8) is 0 Å². The second-order valence-electron chi connectivity index (χ2n) is 10.4. The Balaban J connectivity index is 1.17. The van der Waals surface area contributed by atoms with E-state index < -0.39 is 10.0 Å². The summed E-state index contributed by atoms with van der Waals surface area (Å²) in [5, 5.41) is 4.07. The summed E-state index contributed by atoms with van der Waals surface area (Å²) >= 11 is 1.80. The number of rotatable bonds is 5. The first kappa shape index (κ1) is 26.2. The number of nitrogens with zero attached hydrogens (tertiary/aromatic N) is 3. The summed E-state index contributed by atoms with van der Waals surface area (Å²) in [6, 6.07) is 23.8. The second-order valence-corrected chi connectivity index (χ2v) is 13.4. The van der Waals surface area contributed by atoms with Crippen molar-refractivity contribution in [3.05, 3.63) is 99.7 Å². The summed E-state index contributed by atoms with van der Waals surface area (Å²) in [6.07, 6.45) is 1.56. The Hall–Kier alpha value is -3.04. The molecule has 8 heteroatoms. The Morgan fingerprint density at radius 2 is 1.67 bits per heavy atom. The Bertz CT molecular complexity index is 1610. The number of fused-ring (bicyclic) bond motifs is 2. The molecule has 202 valence electrons. The van der Waals surface area contributed by atoms with Gasteiger partial charge in [-0.3, -0.25) is 9.69 Å². The van der Waals surface area contributed by atoms with Gasteiger partial charge in [-0.15, -0.1) is 11.3 Å². The van der Waals surface area contributed by atoms with E-state index in [1.165, 1.54) is 21.6 Å². The molecule has 6 nitrogen and oxygen atoms in total. The minimum atomic E-state index is -3.64. The third-order valence-corrected chi connectivity index (χ3v) is 10.9. The van der Waals surface area contributed by atoms with E-state index in [4.69, 9.17) is 0 Å². The van der Waals surface area contributed by atoms with Gasteiger partial charge in [-0.1, -0.05) is 54.6 Å². The minimum Gasteiger partial charge on any atom is -0.340 e. The summed E-state index contributed by atoms with van der Waals surface area (Å²) in [5.41, 5.74) is 3.77. The molecule has 6 rings (SSSR count). The fraction of sp³-hybridized carbons (Fsp3) is 0.323. The van der Waals surface area contributed by atoms with Crippen LogP contribution in [0.15, 0.2) is 83.1 Å². The summed E-state index contributed by atoms with van der Waals surface area (Å²) in [4.78, 5) is 19.5. The van der Waals surface area contributed by atoms with Gasteiger partial charge in [-0.05, 0) is 70.8 Å². The molecular weight excluding hydrogens is 526 g/mol. The van der Waals surface area contributed by atoms with Crippen LogP contribution < -0.4 is 0 Å². The molecular formula is C31H33N3O3S2. The van der Waals surface area contributed by atoms with E-state index in [1.54, 1.807) is 27.8 Å². The lowest BCUT2D eigenvalue weighted by molar-refractivity contribution is -0.132. The maximum absolute atomic E-state index is 13.6. The largest absolute Gasteiger partial charge is 0.340 e. The van der Waals surface area contributed by atoms with Crippen LogP contribution in [-0.4, -0.2) is 67.7 Å². The van der Waals surface area contributed by atoms with Crippen LogP contribution in [0.4, 0.5) is 0 Å².